The van der Waals surface area contributed by atoms with E-state index >= 15 is 0 Å². The fourth-order valence-corrected chi connectivity index (χ4v) is 3.29. The molecule has 2 aromatic heterocycles. The van der Waals surface area contributed by atoms with Crippen LogP contribution < -0.4 is 5.32 Å². The van der Waals surface area contributed by atoms with Crippen LogP contribution in [-0.2, 0) is 6.42 Å². The Hall–Kier alpha value is -2.40. The van der Waals surface area contributed by atoms with Crippen molar-refractivity contribution in [2.45, 2.75) is 20.3 Å². The van der Waals surface area contributed by atoms with Crippen molar-refractivity contribution in [2.24, 2.45) is 0 Å². The Morgan fingerprint density at radius 1 is 1.30 bits per heavy atom. The molecule has 2 heterocycles. The fraction of sp³-hybridized carbons (Fsp3) is 0.222. The maximum atomic E-state index is 12.2. The Morgan fingerprint density at radius 3 is 2.91 bits per heavy atom. The van der Waals surface area contributed by atoms with Crippen LogP contribution in [0.1, 0.15) is 27.4 Å². The lowest BCUT2D eigenvalue weighted by Gasteiger charge is -2.03. The molecule has 0 saturated carbocycles. The zero-order chi connectivity index (χ0) is 16.2. The first kappa shape index (κ1) is 15.5. The molecule has 0 aliphatic rings. The van der Waals surface area contributed by atoms with Crippen molar-refractivity contribution in [3.05, 3.63) is 64.6 Å². The van der Waals surface area contributed by atoms with Gasteiger partial charge in [-0.15, -0.1) is 11.3 Å². The lowest BCUT2D eigenvalue weighted by molar-refractivity contribution is 0.0949. The zero-order valence-electron chi connectivity index (χ0n) is 13.1. The molecular weight excluding hydrogens is 308 g/mol. The standard InChI is InChI=1S/C18H18N2O2S/c1-12-5-6-15(13(2)10-12)18-20-16(11-23-18)17(21)19-8-7-14-4-3-9-22-14/h3-6,9-11H,7-8H2,1-2H3,(H,19,21). The van der Waals surface area contributed by atoms with E-state index < -0.39 is 0 Å². The lowest BCUT2D eigenvalue weighted by atomic mass is 10.1. The third-order valence-electron chi connectivity index (χ3n) is 3.59. The summed E-state index contributed by atoms with van der Waals surface area (Å²) in [6.07, 6.45) is 2.31. The number of rotatable bonds is 5. The number of carbonyl (C=O) groups is 1. The molecule has 1 aromatic carbocycles. The van der Waals surface area contributed by atoms with Gasteiger partial charge in [-0.3, -0.25) is 4.79 Å². The highest BCUT2D eigenvalue weighted by Crippen LogP contribution is 2.27. The van der Waals surface area contributed by atoms with E-state index in [0.717, 1.165) is 16.3 Å². The van der Waals surface area contributed by atoms with E-state index in [4.69, 9.17) is 4.42 Å². The third kappa shape index (κ3) is 3.68. The van der Waals surface area contributed by atoms with Crippen LogP contribution >= 0.6 is 11.3 Å². The zero-order valence-corrected chi connectivity index (χ0v) is 13.9. The van der Waals surface area contributed by atoms with E-state index in [0.29, 0.717) is 18.7 Å². The molecule has 3 rings (SSSR count). The lowest BCUT2D eigenvalue weighted by Crippen LogP contribution is -2.25. The largest absolute Gasteiger partial charge is 0.469 e. The predicted octanol–water partition coefficient (Wildman–Crippen LogP) is 3.99. The summed E-state index contributed by atoms with van der Waals surface area (Å²) in [5.41, 5.74) is 3.93. The quantitative estimate of drug-likeness (QED) is 0.771. The molecule has 0 fully saturated rings. The van der Waals surface area contributed by atoms with Crippen LogP contribution in [-0.4, -0.2) is 17.4 Å². The van der Waals surface area contributed by atoms with Gasteiger partial charge in [-0.05, 0) is 31.5 Å². The van der Waals surface area contributed by atoms with Gasteiger partial charge in [-0.1, -0.05) is 23.8 Å². The number of benzene rings is 1. The Morgan fingerprint density at radius 2 is 2.17 bits per heavy atom. The van der Waals surface area contributed by atoms with E-state index in [2.05, 4.69) is 42.3 Å². The Kier molecular flexibility index (Phi) is 4.57. The summed E-state index contributed by atoms with van der Waals surface area (Å²) in [4.78, 5) is 16.6. The smallest absolute Gasteiger partial charge is 0.270 e. The number of furan rings is 1. The predicted molar refractivity (Wildman–Crippen MR) is 91.8 cm³/mol. The molecule has 0 spiro atoms. The monoisotopic (exact) mass is 326 g/mol. The van der Waals surface area contributed by atoms with Gasteiger partial charge in [0.2, 0.25) is 0 Å². The fourth-order valence-electron chi connectivity index (χ4n) is 2.40. The number of amides is 1. The molecule has 4 nitrogen and oxygen atoms in total. The molecule has 0 unspecified atom stereocenters. The Balaban J connectivity index is 1.65. The molecule has 0 aliphatic heterocycles. The van der Waals surface area contributed by atoms with Crippen LogP contribution in [0.3, 0.4) is 0 Å². The highest BCUT2D eigenvalue weighted by molar-refractivity contribution is 7.13. The molecule has 0 radical (unpaired) electrons. The maximum Gasteiger partial charge on any atom is 0.270 e. The van der Waals surface area contributed by atoms with Crippen molar-refractivity contribution >= 4 is 17.2 Å². The first-order chi connectivity index (χ1) is 11.1. The summed E-state index contributed by atoms with van der Waals surface area (Å²) in [5.74, 6) is 0.711. The summed E-state index contributed by atoms with van der Waals surface area (Å²) >= 11 is 1.49. The number of nitrogens with zero attached hydrogens (tertiary/aromatic N) is 1. The van der Waals surface area contributed by atoms with E-state index in [1.54, 1.807) is 11.6 Å². The molecule has 0 atom stereocenters. The van der Waals surface area contributed by atoms with Gasteiger partial charge in [0.25, 0.3) is 5.91 Å². The summed E-state index contributed by atoms with van der Waals surface area (Å²) in [6.45, 7) is 4.66. The minimum Gasteiger partial charge on any atom is -0.469 e. The van der Waals surface area contributed by atoms with Gasteiger partial charge in [0, 0.05) is 23.9 Å². The molecule has 0 saturated heterocycles. The van der Waals surface area contributed by atoms with E-state index in [1.807, 2.05) is 12.1 Å². The van der Waals surface area contributed by atoms with Gasteiger partial charge in [-0.25, -0.2) is 4.98 Å². The number of aryl methyl sites for hydroxylation is 2. The van der Waals surface area contributed by atoms with Crippen LogP contribution in [0.25, 0.3) is 10.6 Å². The van der Waals surface area contributed by atoms with Crippen LogP contribution in [0.5, 0.6) is 0 Å². The van der Waals surface area contributed by atoms with E-state index in [1.165, 1.54) is 22.5 Å². The van der Waals surface area contributed by atoms with Crippen molar-refractivity contribution in [1.82, 2.24) is 10.3 Å². The van der Waals surface area contributed by atoms with Crippen molar-refractivity contribution in [3.63, 3.8) is 0 Å². The Labute approximate surface area is 139 Å². The summed E-state index contributed by atoms with van der Waals surface area (Å²) < 4.78 is 5.24. The minimum absolute atomic E-state index is 0.149. The summed E-state index contributed by atoms with van der Waals surface area (Å²) in [5, 5.41) is 5.55. The van der Waals surface area contributed by atoms with Crippen molar-refractivity contribution in [3.8, 4) is 10.6 Å². The van der Waals surface area contributed by atoms with Gasteiger partial charge in [0.05, 0.1) is 6.26 Å². The molecule has 3 aromatic rings. The van der Waals surface area contributed by atoms with Gasteiger partial charge >= 0.3 is 0 Å². The molecule has 23 heavy (non-hydrogen) atoms. The van der Waals surface area contributed by atoms with Crippen LogP contribution in [0, 0.1) is 13.8 Å². The van der Waals surface area contributed by atoms with Crippen LogP contribution in [0.4, 0.5) is 0 Å². The van der Waals surface area contributed by atoms with Crippen LogP contribution in [0.2, 0.25) is 0 Å². The Bertz CT molecular complexity index is 806. The summed E-state index contributed by atoms with van der Waals surface area (Å²) in [7, 11) is 0. The SMILES string of the molecule is Cc1ccc(-c2nc(C(=O)NCCc3ccco3)cs2)c(C)c1. The molecule has 5 heteroatoms. The second-order valence-corrected chi connectivity index (χ2v) is 6.30. The number of thiazole rings is 1. The highest BCUT2D eigenvalue weighted by atomic mass is 32.1. The molecule has 1 amide bonds. The van der Waals surface area contributed by atoms with Gasteiger partial charge in [0.15, 0.2) is 0 Å². The highest BCUT2D eigenvalue weighted by Gasteiger charge is 2.13. The average molecular weight is 326 g/mol. The third-order valence-corrected chi connectivity index (χ3v) is 4.46. The molecule has 0 bridgehead atoms. The van der Waals surface area contributed by atoms with Crippen molar-refractivity contribution < 1.29 is 9.21 Å². The van der Waals surface area contributed by atoms with E-state index in [9.17, 15) is 4.79 Å². The van der Waals surface area contributed by atoms with Crippen molar-refractivity contribution in [1.29, 1.82) is 0 Å². The van der Waals surface area contributed by atoms with Crippen molar-refractivity contribution in [2.75, 3.05) is 6.54 Å². The number of nitrogens with one attached hydrogen (secondary N) is 1. The number of carbonyl (C=O) groups excluding carboxylic acids is 1. The topological polar surface area (TPSA) is 55.1 Å². The minimum atomic E-state index is -0.149. The number of hydrogen-bond acceptors (Lipinski definition) is 4. The van der Waals surface area contributed by atoms with Gasteiger partial charge < -0.3 is 9.73 Å². The van der Waals surface area contributed by atoms with Gasteiger partial charge in [-0.2, -0.15) is 0 Å². The van der Waals surface area contributed by atoms with Gasteiger partial charge in [0.1, 0.15) is 16.5 Å². The number of hydrogen-bond donors (Lipinski definition) is 1. The first-order valence-corrected chi connectivity index (χ1v) is 8.35. The normalized spacial score (nSPS) is 10.7. The summed E-state index contributed by atoms with van der Waals surface area (Å²) in [6, 6.07) is 9.98. The second kappa shape index (κ2) is 6.79. The van der Waals surface area contributed by atoms with E-state index in [-0.39, 0.29) is 5.91 Å². The van der Waals surface area contributed by atoms with Crippen LogP contribution in [0.15, 0.2) is 46.4 Å². The second-order valence-electron chi connectivity index (χ2n) is 5.44. The average Bonchev–Trinajstić information content (AvgIpc) is 3.18. The molecule has 1 N–H and O–H groups in total. The molecular formula is C18H18N2O2S. The molecule has 0 aliphatic carbocycles. The first-order valence-electron chi connectivity index (χ1n) is 7.47. The molecule has 118 valence electrons. The maximum absolute atomic E-state index is 12.2. The number of aromatic nitrogens is 1.